The number of ether oxygens (including phenoxy) is 4. The number of hydrogen-bond acceptors (Lipinski definition) is 7. The van der Waals surface area contributed by atoms with Crippen LogP contribution in [0.5, 0.6) is 0 Å². The molecule has 0 aromatic heterocycles. The van der Waals surface area contributed by atoms with Crippen molar-refractivity contribution in [3.8, 4) is 0 Å². The Kier molecular flexibility index (Phi) is 20.2. The second-order valence-corrected chi connectivity index (χ2v) is 16.1. The van der Waals surface area contributed by atoms with Crippen LogP contribution >= 0.6 is 17.6 Å². The summed E-state index contributed by atoms with van der Waals surface area (Å²) in [6.07, 6.45) is 14.5. The summed E-state index contributed by atoms with van der Waals surface area (Å²) >= 11 is 0. The van der Waals surface area contributed by atoms with Crippen molar-refractivity contribution in [3.63, 3.8) is 0 Å². The van der Waals surface area contributed by atoms with Crippen molar-refractivity contribution in [3.05, 3.63) is 24.3 Å². The Bertz CT molecular complexity index is 755. The van der Waals surface area contributed by atoms with E-state index in [0.29, 0.717) is 53.6 Å². The molecule has 0 aliphatic carbocycles. The van der Waals surface area contributed by atoms with Crippen molar-refractivity contribution in [2.24, 2.45) is 35.5 Å². The zero-order chi connectivity index (χ0) is 33.5. The van der Waals surface area contributed by atoms with Crippen LogP contribution in [0.1, 0.15) is 95.4 Å². The minimum Gasteiger partial charge on any atom is -0.396 e. The van der Waals surface area contributed by atoms with Gasteiger partial charge in [-0.15, -0.1) is 0 Å². The molecule has 2 rings (SSSR count). The smallest absolute Gasteiger partial charge is 0.163 e. The van der Waals surface area contributed by atoms with E-state index in [1.54, 1.807) is 14.2 Å². The van der Waals surface area contributed by atoms with Crippen molar-refractivity contribution in [1.29, 1.82) is 0 Å². The molecule has 2 aliphatic heterocycles. The summed E-state index contributed by atoms with van der Waals surface area (Å²) in [5, 5.41) is 9.21. The molecule has 4 unspecified atom stereocenters. The van der Waals surface area contributed by atoms with E-state index >= 15 is 0 Å². The predicted octanol–water partition coefficient (Wildman–Crippen LogP) is 8.60. The van der Waals surface area contributed by atoms with Crippen molar-refractivity contribution >= 4 is 17.6 Å². The number of allylic oxidation sites excluding steroid dienone is 2. The predicted molar refractivity (Wildman–Crippen MR) is 188 cm³/mol. The molecule has 0 aromatic rings. The third-order valence-electron chi connectivity index (χ3n) is 8.80. The number of hydrogen-bond donors (Lipinski definition) is 1. The molecule has 9 heteroatoms. The first kappa shape index (κ1) is 42.1. The summed E-state index contributed by atoms with van der Waals surface area (Å²) in [4.78, 5) is 0. The Morgan fingerprint density at radius 2 is 1.05 bits per heavy atom. The molecule has 2 aliphatic rings. The van der Waals surface area contributed by atoms with E-state index in [1.807, 2.05) is 27.7 Å². The van der Waals surface area contributed by atoms with E-state index < -0.39 is 11.6 Å². The Hall–Kier alpha value is 0.0600. The lowest BCUT2D eigenvalue weighted by molar-refractivity contribution is -0.149. The van der Waals surface area contributed by atoms with Crippen LogP contribution in [0.3, 0.4) is 0 Å². The van der Waals surface area contributed by atoms with E-state index in [4.69, 9.17) is 28.0 Å². The van der Waals surface area contributed by atoms with Crippen molar-refractivity contribution in [2.75, 3.05) is 33.2 Å². The molecule has 0 saturated carbocycles. The summed E-state index contributed by atoms with van der Waals surface area (Å²) < 4.78 is 34.5. The van der Waals surface area contributed by atoms with Crippen LogP contribution in [0.2, 0.25) is 0 Å². The summed E-state index contributed by atoms with van der Waals surface area (Å²) in [7, 11) is 4.71. The molecule has 0 bridgehead atoms. The van der Waals surface area contributed by atoms with Gasteiger partial charge < -0.3 is 33.1 Å². The fourth-order valence-electron chi connectivity index (χ4n) is 5.58. The van der Waals surface area contributed by atoms with E-state index in [9.17, 15) is 5.11 Å². The van der Waals surface area contributed by atoms with E-state index in [1.165, 1.54) is 0 Å². The van der Waals surface area contributed by atoms with Gasteiger partial charge in [-0.3, -0.25) is 0 Å². The highest BCUT2D eigenvalue weighted by Crippen LogP contribution is 2.36. The second-order valence-electron chi connectivity index (χ2n) is 13.8. The molecule has 2 fully saturated rings. The minimum absolute atomic E-state index is 0.00163. The van der Waals surface area contributed by atoms with Gasteiger partial charge in [0.1, 0.15) is 0 Å². The lowest BCUT2D eigenvalue weighted by Crippen LogP contribution is -2.29. The first-order valence-electron chi connectivity index (χ1n) is 16.8. The number of rotatable bonds is 18. The van der Waals surface area contributed by atoms with Crippen LogP contribution in [-0.2, 0) is 28.0 Å². The zero-order valence-electron chi connectivity index (χ0n) is 30.2. The fourth-order valence-corrected chi connectivity index (χ4v) is 7.18. The summed E-state index contributed by atoms with van der Waals surface area (Å²) in [6.45, 7) is 23.7. The maximum absolute atomic E-state index is 9.21. The molecule has 2 heterocycles. The maximum atomic E-state index is 9.21. The van der Waals surface area contributed by atoms with Crippen LogP contribution in [0.4, 0.5) is 0 Å². The topological polar surface area (TPSA) is 75.6 Å². The molecular weight excluding hydrogens is 594 g/mol. The normalized spacial score (nSPS) is 29.4. The van der Waals surface area contributed by atoms with Gasteiger partial charge in [-0.25, -0.2) is 0 Å². The van der Waals surface area contributed by atoms with Gasteiger partial charge in [-0.1, -0.05) is 79.2 Å². The third-order valence-corrected chi connectivity index (χ3v) is 11.0. The monoisotopic (exact) mass is 662 g/mol. The average Bonchev–Trinajstić information content (AvgIpc) is 3.45. The highest BCUT2D eigenvalue weighted by molar-refractivity contribution is 7.32. The Balaban J connectivity index is 0.000000440. The molecule has 0 aromatic carbocycles. The number of aliphatic hydroxyl groups is 1. The van der Waals surface area contributed by atoms with Crippen LogP contribution in [0.15, 0.2) is 24.3 Å². The lowest BCUT2D eigenvalue weighted by Gasteiger charge is -2.22. The van der Waals surface area contributed by atoms with Gasteiger partial charge in [-0.05, 0) is 76.5 Å². The molecule has 44 heavy (non-hydrogen) atoms. The molecular formula is C35H68O7P2. The maximum Gasteiger partial charge on any atom is 0.163 e. The van der Waals surface area contributed by atoms with Gasteiger partial charge >= 0.3 is 0 Å². The Morgan fingerprint density at radius 3 is 1.39 bits per heavy atom. The molecule has 0 amide bonds. The third kappa shape index (κ3) is 15.3. The second kappa shape index (κ2) is 21.1. The highest BCUT2D eigenvalue weighted by Gasteiger charge is 2.43. The summed E-state index contributed by atoms with van der Waals surface area (Å²) in [5.41, 5.74) is 0. The quantitative estimate of drug-likeness (QED) is 0.116. The molecule has 7 nitrogen and oxygen atoms in total. The first-order valence-corrected chi connectivity index (χ1v) is 19.0. The first-order chi connectivity index (χ1) is 20.6. The average molecular weight is 663 g/mol. The van der Waals surface area contributed by atoms with E-state index in [-0.39, 0.29) is 36.9 Å². The molecule has 0 radical (unpaired) electrons. The lowest BCUT2D eigenvalue weighted by atomic mass is 9.92. The van der Waals surface area contributed by atoms with Gasteiger partial charge in [-0.2, -0.15) is 0 Å². The van der Waals surface area contributed by atoms with Gasteiger partial charge in [0.15, 0.2) is 11.6 Å². The Labute approximate surface area is 274 Å². The van der Waals surface area contributed by atoms with Crippen molar-refractivity contribution in [1.82, 2.24) is 0 Å². The van der Waals surface area contributed by atoms with Crippen molar-refractivity contribution in [2.45, 2.75) is 131 Å². The largest absolute Gasteiger partial charge is 0.396 e. The summed E-state index contributed by atoms with van der Waals surface area (Å²) in [6, 6.07) is 0. The van der Waals surface area contributed by atoms with E-state index in [2.05, 4.69) is 72.8 Å². The van der Waals surface area contributed by atoms with Crippen LogP contribution in [0, 0.1) is 35.5 Å². The van der Waals surface area contributed by atoms with Crippen molar-refractivity contribution < 1.29 is 33.1 Å². The summed E-state index contributed by atoms with van der Waals surface area (Å²) in [5.74, 6) is 1.94. The SMILES string of the molecule is CCC[C@@H]1OC(C)(C)O[C@@H]1C(C)/C=C\[C@@H](C)[C@@H](C)CPOC.COPC[C@H](C)[C@H](C)/C=C\C(C)[C@H]1OC(C)(C)O[C@H]1CCO. The standard InChI is InChI=1S/C18H35O3P.C17H33O4P/c1-8-9-16-17(21-18(5,6)20-16)14(3)11-10-13(2)15(4)12-22-19-7;1-12(14(3)11-22-19-6)7-8-13(2)16-15(9-10-18)20-17(4,5)21-16/h10-11,13-17,22H,8-9,12H2,1-7H3;7-8,12-16,18,22H,9-11H2,1-6H3/b11-10-;8-7-/t13-,14?,15+,16+,17-;12-,13?,14+,15+,16-/m11/s1. The highest BCUT2D eigenvalue weighted by atomic mass is 31.1. The van der Waals surface area contributed by atoms with Crippen LogP contribution in [0.25, 0.3) is 0 Å². The van der Waals surface area contributed by atoms with Gasteiger partial charge in [0, 0.05) is 50.3 Å². The Morgan fingerprint density at radius 1 is 0.659 bits per heavy atom. The van der Waals surface area contributed by atoms with Crippen LogP contribution < -0.4 is 0 Å². The fraction of sp³-hybridized carbons (Fsp3) is 0.886. The van der Waals surface area contributed by atoms with Gasteiger partial charge in [0.2, 0.25) is 0 Å². The molecule has 0 spiro atoms. The molecule has 2 saturated heterocycles. The minimum atomic E-state index is -0.564. The zero-order valence-corrected chi connectivity index (χ0v) is 32.2. The van der Waals surface area contributed by atoms with Gasteiger partial charge in [0.05, 0.1) is 24.4 Å². The van der Waals surface area contributed by atoms with Crippen LogP contribution in [-0.4, -0.2) is 74.2 Å². The molecule has 260 valence electrons. The molecule has 12 atom stereocenters. The molecule has 1 N–H and O–H groups in total. The van der Waals surface area contributed by atoms with E-state index in [0.717, 1.165) is 25.2 Å². The number of aliphatic hydroxyl groups excluding tert-OH is 1. The van der Waals surface area contributed by atoms with Gasteiger partial charge in [0.25, 0.3) is 0 Å².